The number of aromatic nitrogens is 3. The molecular weight excluding hydrogens is 342 g/mol. The highest BCUT2D eigenvalue weighted by Crippen LogP contribution is 2.42. The van der Waals surface area contributed by atoms with E-state index in [-0.39, 0.29) is 24.2 Å². The summed E-state index contributed by atoms with van der Waals surface area (Å²) in [5, 5.41) is 13.2. The molecule has 1 aliphatic rings. The molecular formula is C17H15N3O4S. The molecule has 0 radical (unpaired) electrons. The molecule has 128 valence electrons. The van der Waals surface area contributed by atoms with Crippen molar-refractivity contribution >= 4 is 11.3 Å². The number of hydrogen-bond donors (Lipinski definition) is 1. The summed E-state index contributed by atoms with van der Waals surface area (Å²) in [5.74, 6) is -1.30. The van der Waals surface area contributed by atoms with Crippen LogP contribution in [0, 0.1) is 0 Å². The molecule has 25 heavy (non-hydrogen) atoms. The van der Waals surface area contributed by atoms with E-state index in [2.05, 4.69) is 15.0 Å². The van der Waals surface area contributed by atoms with E-state index in [9.17, 15) is 5.11 Å². The summed E-state index contributed by atoms with van der Waals surface area (Å²) >= 11 is 1.61. The molecule has 4 rings (SSSR count). The van der Waals surface area contributed by atoms with Crippen LogP contribution < -0.4 is 9.47 Å². The van der Waals surface area contributed by atoms with Crippen molar-refractivity contribution in [2.75, 3.05) is 14.2 Å². The summed E-state index contributed by atoms with van der Waals surface area (Å²) < 4.78 is 16.0. The molecule has 3 aromatic rings. The highest BCUT2D eigenvalue weighted by Gasteiger charge is 2.46. The SMILES string of the molecule is COc1cc(OC)nc(C2(O)OCc3c(-c4cccs4)ccnc32)n1. The number of ether oxygens (including phenoxy) is 3. The Morgan fingerprint density at radius 1 is 1.20 bits per heavy atom. The molecule has 1 aliphatic heterocycles. The zero-order valence-corrected chi connectivity index (χ0v) is 14.4. The van der Waals surface area contributed by atoms with Gasteiger partial charge in [0.2, 0.25) is 17.6 Å². The Morgan fingerprint density at radius 2 is 1.96 bits per heavy atom. The molecule has 1 unspecified atom stereocenters. The van der Waals surface area contributed by atoms with Gasteiger partial charge in [-0.25, -0.2) is 0 Å². The predicted molar refractivity (Wildman–Crippen MR) is 90.5 cm³/mol. The minimum absolute atomic E-state index is 0.0262. The second kappa shape index (κ2) is 6.07. The van der Waals surface area contributed by atoms with Gasteiger partial charge in [0, 0.05) is 22.2 Å². The van der Waals surface area contributed by atoms with Crippen LogP contribution in [0.5, 0.6) is 11.8 Å². The van der Waals surface area contributed by atoms with E-state index in [1.165, 1.54) is 20.3 Å². The second-order valence-electron chi connectivity index (χ2n) is 5.37. The summed E-state index contributed by atoms with van der Waals surface area (Å²) in [6, 6.07) is 7.43. The van der Waals surface area contributed by atoms with E-state index in [1.807, 2.05) is 23.6 Å². The molecule has 0 bridgehead atoms. The van der Waals surface area contributed by atoms with Crippen LogP contribution in [0.2, 0.25) is 0 Å². The van der Waals surface area contributed by atoms with Gasteiger partial charge in [-0.15, -0.1) is 11.3 Å². The Morgan fingerprint density at radius 3 is 2.60 bits per heavy atom. The summed E-state index contributed by atoms with van der Waals surface area (Å²) in [6.45, 7) is 0.204. The van der Waals surface area contributed by atoms with Crippen LogP contribution in [-0.4, -0.2) is 34.3 Å². The van der Waals surface area contributed by atoms with Crippen LogP contribution in [0.1, 0.15) is 17.1 Å². The van der Waals surface area contributed by atoms with Crippen molar-refractivity contribution in [3.8, 4) is 22.2 Å². The average molecular weight is 357 g/mol. The molecule has 0 saturated carbocycles. The van der Waals surface area contributed by atoms with Crippen molar-refractivity contribution in [3.05, 3.63) is 52.9 Å². The van der Waals surface area contributed by atoms with Crippen LogP contribution in [0.15, 0.2) is 35.8 Å². The van der Waals surface area contributed by atoms with Gasteiger partial charge in [-0.3, -0.25) is 4.98 Å². The number of methoxy groups -OCH3 is 2. The topological polar surface area (TPSA) is 86.6 Å². The molecule has 0 amide bonds. The fourth-order valence-corrected chi connectivity index (χ4v) is 3.55. The van der Waals surface area contributed by atoms with Gasteiger partial charge >= 0.3 is 0 Å². The predicted octanol–water partition coefficient (Wildman–Crippen LogP) is 2.34. The van der Waals surface area contributed by atoms with E-state index < -0.39 is 5.79 Å². The van der Waals surface area contributed by atoms with Gasteiger partial charge in [-0.1, -0.05) is 6.07 Å². The van der Waals surface area contributed by atoms with Gasteiger partial charge < -0.3 is 19.3 Å². The molecule has 1 atom stereocenters. The van der Waals surface area contributed by atoms with Crippen molar-refractivity contribution in [1.29, 1.82) is 0 Å². The number of fused-ring (bicyclic) bond motifs is 1. The van der Waals surface area contributed by atoms with Gasteiger partial charge in [0.05, 0.1) is 26.9 Å². The van der Waals surface area contributed by atoms with Gasteiger partial charge in [-0.2, -0.15) is 9.97 Å². The van der Waals surface area contributed by atoms with Gasteiger partial charge in [0.25, 0.3) is 5.79 Å². The first-order valence-electron chi connectivity index (χ1n) is 7.52. The number of aliphatic hydroxyl groups is 1. The third-order valence-corrected chi connectivity index (χ3v) is 4.89. The molecule has 1 N–H and O–H groups in total. The van der Waals surface area contributed by atoms with Gasteiger partial charge in [0.15, 0.2) is 0 Å². The van der Waals surface area contributed by atoms with E-state index in [0.29, 0.717) is 5.69 Å². The molecule has 0 spiro atoms. The van der Waals surface area contributed by atoms with Crippen molar-refractivity contribution < 1.29 is 19.3 Å². The third-order valence-electron chi connectivity index (χ3n) is 3.99. The Kier molecular flexibility index (Phi) is 3.87. The lowest BCUT2D eigenvalue weighted by Crippen LogP contribution is -2.30. The quantitative estimate of drug-likeness (QED) is 0.767. The molecule has 3 aromatic heterocycles. The normalized spacial score (nSPS) is 18.8. The van der Waals surface area contributed by atoms with Crippen molar-refractivity contribution in [3.63, 3.8) is 0 Å². The number of nitrogens with zero attached hydrogens (tertiary/aromatic N) is 3. The maximum atomic E-state index is 11.2. The smallest absolute Gasteiger partial charge is 0.273 e. The molecule has 0 aromatic carbocycles. The van der Waals surface area contributed by atoms with E-state index in [1.54, 1.807) is 17.5 Å². The molecule has 0 saturated heterocycles. The summed E-state index contributed by atoms with van der Waals surface area (Å²) in [5.41, 5.74) is 2.18. The lowest BCUT2D eigenvalue weighted by atomic mass is 10.0. The Hall–Kier alpha value is -2.55. The molecule has 0 aliphatic carbocycles. The van der Waals surface area contributed by atoms with Crippen LogP contribution in [0.4, 0.5) is 0 Å². The Bertz CT molecular complexity index is 894. The second-order valence-corrected chi connectivity index (χ2v) is 6.32. The highest BCUT2D eigenvalue weighted by molar-refractivity contribution is 7.13. The molecule has 0 fully saturated rings. The lowest BCUT2D eigenvalue weighted by molar-refractivity contribution is -0.178. The highest BCUT2D eigenvalue weighted by atomic mass is 32.1. The first-order valence-corrected chi connectivity index (χ1v) is 8.40. The average Bonchev–Trinajstić information content (AvgIpc) is 3.30. The van der Waals surface area contributed by atoms with Crippen LogP contribution in [0.25, 0.3) is 10.4 Å². The number of rotatable bonds is 4. The fraction of sp³-hybridized carbons (Fsp3) is 0.235. The zero-order chi connectivity index (χ0) is 17.4. The molecule has 4 heterocycles. The van der Waals surface area contributed by atoms with Crippen molar-refractivity contribution in [1.82, 2.24) is 15.0 Å². The largest absolute Gasteiger partial charge is 0.481 e. The first-order chi connectivity index (χ1) is 12.2. The summed E-state index contributed by atoms with van der Waals surface area (Å²) in [4.78, 5) is 13.9. The molecule has 8 heteroatoms. The fourth-order valence-electron chi connectivity index (χ4n) is 2.77. The van der Waals surface area contributed by atoms with Gasteiger partial charge in [0.1, 0.15) is 5.69 Å². The minimum Gasteiger partial charge on any atom is -0.481 e. The van der Waals surface area contributed by atoms with Crippen molar-refractivity contribution in [2.24, 2.45) is 0 Å². The lowest BCUT2D eigenvalue weighted by Gasteiger charge is -2.21. The van der Waals surface area contributed by atoms with Crippen LogP contribution in [0.3, 0.4) is 0 Å². The summed E-state index contributed by atoms with van der Waals surface area (Å²) in [7, 11) is 2.96. The summed E-state index contributed by atoms with van der Waals surface area (Å²) in [6.07, 6.45) is 1.64. The number of pyridine rings is 1. The molecule has 7 nitrogen and oxygen atoms in total. The zero-order valence-electron chi connectivity index (χ0n) is 13.6. The van der Waals surface area contributed by atoms with E-state index in [0.717, 1.165) is 16.0 Å². The maximum absolute atomic E-state index is 11.2. The first kappa shape index (κ1) is 15.9. The number of thiophene rings is 1. The van der Waals surface area contributed by atoms with Gasteiger partial charge in [-0.05, 0) is 17.5 Å². The Labute approximate surface area is 147 Å². The third kappa shape index (κ3) is 2.55. The monoisotopic (exact) mass is 357 g/mol. The minimum atomic E-state index is -1.86. The van der Waals surface area contributed by atoms with Crippen molar-refractivity contribution in [2.45, 2.75) is 12.4 Å². The standard InChI is InChI=1S/C17H15N3O4S/c1-22-13-8-14(23-2)20-16(19-13)17(21)15-11(9-24-17)10(5-6-18-15)12-4-3-7-25-12/h3-8,21H,9H2,1-2H3. The van der Waals surface area contributed by atoms with Crippen LogP contribution >= 0.6 is 11.3 Å². The van der Waals surface area contributed by atoms with Crippen LogP contribution in [-0.2, 0) is 17.1 Å². The van der Waals surface area contributed by atoms with E-state index >= 15 is 0 Å². The maximum Gasteiger partial charge on any atom is 0.273 e. The number of hydrogen-bond acceptors (Lipinski definition) is 8. The van der Waals surface area contributed by atoms with E-state index in [4.69, 9.17) is 14.2 Å². The Balaban J connectivity index is 1.86.